The Labute approximate surface area is 186 Å². The number of hydrogen-bond donors (Lipinski definition) is 3. The fraction of sp³-hybridized carbons (Fsp3) is 0.455. The van der Waals surface area contributed by atoms with Crippen molar-refractivity contribution in [1.82, 2.24) is 15.0 Å². The third kappa shape index (κ3) is 6.00. The summed E-state index contributed by atoms with van der Waals surface area (Å²) in [6, 6.07) is 1.44. The lowest BCUT2D eigenvalue weighted by Crippen LogP contribution is -2.37. The molecule has 0 aromatic carbocycles. The summed E-state index contributed by atoms with van der Waals surface area (Å²) < 4.78 is 10.5. The topological polar surface area (TPSA) is 130 Å². The number of nitrogens with zero attached hydrogens (tertiary/aromatic N) is 4. The molecule has 2 aromatic rings. The van der Waals surface area contributed by atoms with Crippen LogP contribution in [0.15, 0.2) is 29.9 Å². The van der Waals surface area contributed by atoms with Crippen molar-refractivity contribution in [1.29, 1.82) is 0 Å². The number of carboxylic acid groups (broad SMARTS) is 1. The number of carboxylic acids is 1. The van der Waals surface area contributed by atoms with Crippen LogP contribution in [0.4, 0.5) is 11.6 Å². The Balaban J connectivity index is 2.07. The third-order valence-electron chi connectivity index (χ3n) is 4.85. The minimum atomic E-state index is -1.14. The number of carbonyl (C=O) groups is 1. The Hall–Kier alpha value is -3.08. The van der Waals surface area contributed by atoms with Crippen LogP contribution in [0.5, 0.6) is 0 Å². The first-order valence-corrected chi connectivity index (χ1v) is 10.5. The number of hydrogen-bond acceptors (Lipinski definition) is 9. The number of fused-ring (bicyclic) bond motifs is 1. The lowest BCUT2D eigenvalue weighted by Gasteiger charge is -2.27. The summed E-state index contributed by atoms with van der Waals surface area (Å²) in [7, 11) is 1.65. The van der Waals surface area contributed by atoms with Crippen LogP contribution in [-0.4, -0.2) is 84.3 Å². The summed E-state index contributed by atoms with van der Waals surface area (Å²) in [4.78, 5) is 27.5. The van der Waals surface area contributed by atoms with Crippen molar-refractivity contribution in [3.63, 3.8) is 0 Å². The van der Waals surface area contributed by atoms with Crippen molar-refractivity contribution in [3.8, 4) is 0 Å². The lowest BCUT2D eigenvalue weighted by molar-refractivity contribution is 0.0691. The van der Waals surface area contributed by atoms with Gasteiger partial charge in [0, 0.05) is 33.2 Å². The third-order valence-corrected chi connectivity index (χ3v) is 4.85. The van der Waals surface area contributed by atoms with E-state index in [-0.39, 0.29) is 18.8 Å². The number of anilines is 2. The van der Waals surface area contributed by atoms with Gasteiger partial charge >= 0.3 is 5.97 Å². The molecule has 1 aliphatic rings. The number of allylic oxidation sites excluding steroid dienone is 3. The molecule has 32 heavy (non-hydrogen) atoms. The predicted molar refractivity (Wildman–Crippen MR) is 121 cm³/mol. The smallest absolute Gasteiger partial charge is 0.354 e. The summed E-state index contributed by atoms with van der Waals surface area (Å²) in [5.74, 6) is -0.594. The molecule has 0 amide bonds. The largest absolute Gasteiger partial charge is 0.477 e. The fourth-order valence-corrected chi connectivity index (χ4v) is 3.32. The minimum Gasteiger partial charge on any atom is -0.477 e. The molecular formula is C22H29N5O5. The highest BCUT2D eigenvalue weighted by Crippen LogP contribution is 2.27. The first-order valence-electron chi connectivity index (χ1n) is 10.5. The average molecular weight is 444 g/mol. The van der Waals surface area contributed by atoms with Crippen molar-refractivity contribution in [3.05, 3.63) is 41.3 Å². The van der Waals surface area contributed by atoms with E-state index in [0.29, 0.717) is 67.7 Å². The number of rotatable bonds is 10. The van der Waals surface area contributed by atoms with E-state index in [0.717, 1.165) is 5.57 Å². The molecule has 0 spiro atoms. The average Bonchev–Trinajstić information content (AvgIpc) is 2.80. The van der Waals surface area contributed by atoms with Crippen LogP contribution < -0.4 is 10.2 Å². The first kappa shape index (κ1) is 23.6. The summed E-state index contributed by atoms with van der Waals surface area (Å²) in [5, 5.41) is 21.8. The number of morpholine rings is 1. The molecule has 1 aliphatic heterocycles. The highest BCUT2D eigenvalue weighted by atomic mass is 16.5. The summed E-state index contributed by atoms with van der Waals surface area (Å²) in [5.41, 5.74) is 3.04. The Bertz CT molecular complexity index is 1000. The second-order valence-electron chi connectivity index (χ2n) is 7.36. The van der Waals surface area contributed by atoms with Crippen LogP contribution in [0.1, 0.15) is 23.1 Å². The Kier molecular flexibility index (Phi) is 8.48. The number of methoxy groups -OCH3 is 1. The standard InChI is InChI=1S/C22H29N5O5/c1-15(14-31-2)5-3-4-6-16-19-20(26-22(25-16)27-8-11-32-12-9-27)17(23-7-10-28)13-18(24-19)21(29)30/h3-5,13,28H,6-12,14H2,1-2H3,(H,23,24)(H,29,30). The van der Waals surface area contributed by atoms with Crippen LogP contribution in [0.3, 0.4) is 0 Å². The van der Waals surface area contributed by atoms with Gasteiger partial charge in [0.1, 0.15) is 11.0 Å². The molecule has 172 valence electrons. The SMILES string of the molecule is COCC(C)=CC=CCc1nc(N2CCOCC2)nc2c(NCCO)cc(C(=O)O)nc12. The second-order valence-corrected chi connectivity index (χ2v) is 7.36. The van der Waals surface area contributed by atoms with Gasteiger partial charge < -0.3 is 29.9 Å². The number of pyridine rings is 1. The van der Waals surface area contributed by atoms with E-state index in [1.165, 1.54) is 6.07 Å². The van der Waals surface area contributed by atoms with Gasteiger partial charge in [-0.25, -0.2) is 19.7 Å². The van der Waals surface area contributed by atoms with Gasteiger partial charge in [-0.1, -0.05) is 18.2 Å². The Morgan fingerprint density at radius 3 is 2.75 bits per heavy atom. The van der Waals surface area contributed by atoms with Gasteiger partial charge in [0.2, 0.25) is 5.95 Å². The molecule has 0 bridgehead atoms. The highest BCUT2D eigenvalue weighted by molar-refractivity contribution is 5.96. The van der Waals surface area contributed by atoms with Crippen molar-refractivity contribution in [2.24, 2.45) is 0 Å². The lowest BCUT2D eigenvalue weighted by atomic mass is 10.1. The normalized spacial score (nSPS) is 15.0. The quantitative estimate of drug-likeness (QED) is 0.466. The van der Waals surface area contributed by atoms with Gasteiger partial charge in [0.15, 0.2) is 5.69 Å². The van der Waals surface area contributed by atoms with Crippen molar-refractivity contribution >= 4 is 28.6 Å². The van der Waals surface area contributed by atoms with Crippen molar-refractivity contribution in [2.75, 3.05) is 63.4 Å². The molecule has 0 saturated carbocycles. The van der Waals surface area contributed by atoms with E-state index in [9.17, 15) is 15.0 Å². The van der Waals surface area contributed by atoms with Crippen LogP contribution in [0.2, 0.25) is 0 Å². The monoisotopic (exact) mass is 443 g/mol. The molecule has 0 radical (unpaired) electrons. The molecule has 1 saturated heterocycles. The Morgan fingerprint density at radius 2 is 2.06 bits per heavy atom. The van der Waals surface area contributed by atoms with Crippen LogP contribution >= 0.6 is 0 Å². The molecule has 0 atom stereocenters. The number of aliphatic hydroxyl groups is 1. The van der Waals surface area contributed by atoms with Crippen LogP contribution in [-0.2, 0) is 15.9 Å². The zero-order valence-corrected chi connectivity index (χ0v) is 18.4. The number of aromatic nitrogens is 3. The van der Waals surface area contributed by atoms with Gasteiger partial charge in [-0.05, 0) is 18.6 Å². The van der Waals surface area contributed by atoms with Gasteiger partial charge in [-0.2, -0.15) is 0 Å². The minimum absolute atomic E-state index is 0.101. The van der Waals surface area contributed by atoms with Gasteiger partial charge in [-0.15, -0.1) is 0 Å². The molecule has 0 unspecified atom stereocenters. The molecule has 2 aromatic heterocycles. The molecule has 3 rings (SSSR count). The highest BCUT2D eigenvalue weighted by Gasteiger charge is 2.20. The maximum absolute atomic E-state index is 11.7. The molecule has 3 N–H and O–H groups in total. The zero-order chi connectivity index (χ0) is 22.9. The van der Waals surface area contributed by atoms with E-state index in [1.807, 2.05) is 30.1 Å². The number of ether oxygens (including phenoxy) is 2. The number of aromatic carboxylic acids is 1. The molecule has 1 fully saturated rings. The number of aliphatic hydroxyl groups excluding tert-OH is 1. The molecule has 10 nitrogen and oxygen atoms in total. The maximum Gasteiger partial charge on any atom is 0.354 e. The fourth-order valence-electron chi connectivity index (χ4n) is 3.32. The molecule has 3 heterocycles. The first-order chi connectivity index (χ1) is 15.5. The predicted octanol–water partition coefficient (Wildman–Crippen LogP) is 1.66. The molecular weight excluding hydrogens is 414 g/mol. The summed E-state index contributed by atoms with van der Waals surface area (Å²) >= 11 is 0. The van der Waals surface area contributed by atoms with Crippen molar-refractivity contribution in [2.45, 2.75) is 13.3 Å². The van der Waals surface area contributed by atoms with Gasteiger partial charge in [-0.3, -0.25) is 0 Å². The molecule has 10 heteroatoms. The summed E-state index contributed by atoms with van der Waals surface area (Å²) in [6.07, 6.45) is 6.27. The van der Waals surface area contributed by atoms with E-state index in [1.54, 1.807) is 7.11 Å². The van der Waals surface area contributed by atoms with E-state index >= 15 is 0 Å². The van der Waals surface area contributed by atoms with E-state index in [4.69, 9.17) is 19.4 Å². The Morgan fingerprint density at radius 1 is 1.28 bits per heavy atom. The second kappa shape index (κ2) is 11.5. The maximum atomic E-state index is 11.7. The van der Waals surface area contributed by atoms with Gasteiger partial charge in [0.05, 0.1) is 37.8 Å². The van der Waals surface area contributed by atoms with E-state index in [2.05, 4.69) is 10.3 Å². The van der Waals surface area contributed by atoms with Crippen molar-refractivity contribution < 1.29 is 24.5 Å². The van der Waals surface area contributed by atoms with E-state index < -0.39 is 5.97 Å². The summed E-state index contributed by atoms with van der Waals surface area (Å²) in [6.45, 7) is 5.19. The van der Waals surface area contributed by atoms with Crippen LogP contribution in [0.25, 0.3) is 11.0 Å². The van der Waals surface area contributed by atoms with Crippen LogP contribution in [0, 0.1) is 0 Å². The van der Waals surface area contributed by atoms with Gasteiger partial charge in [0.25, 0.3) is 0 Å². The zero-order valence-electron chi connectivity index (χ0n) is 18.4. The molecule has 0 aliphatic carbocycles. The number of nitrogens with one attached hydrogen (secondary N) is 1.